The van der Waals surface area contributed by atoms with Crippen molar-refractivity contribution in [1.29, 1.82) is 0 Å². The molecule has 1 fully saturated rings. The van der Waals surface area contributed by atoms with Crippen LogP contribution in [0.2, 0.25) is 0 Å². The van der Waals surface area contributed by atoms with Gasteiger partial charge in [0.1, 0.15) is 23.4 Å². The van der Waals surface area contributed by atoms with Crippen LogP contribution in [0.15, 0.2) is 49.2 Å². The number of fused-ring (bicyclic) bond motifs is 3. The van der Waals surface area contributed by atoms with Crippen molar-refractivity contribution in [2.75, 3.05) is 7.11 Å². The van der Waals surface area contributed by atoms with E-state index in [1.165, 1.54) is 6.33 Å². The number of halogens is 3. The maximum Gasteiger partial charge on any atom is 0.434 e. The number of rotatable bonds is 7. The molecule has 0 N–H and O–H groups in total. The standard InChI is InChI=1S/C30H28F3N9O/c1-16(2)41-14-22(30(31,32)33)37-26(41)19-7-5-17(6-8-19)12-42-27-20(21-13-40(3)39-28(21)42)11-34-25(38-27)23-24(18-9-10-18)35-15-36-29(23)43-4/h5-8,11,13-16,18H,9-10,12H2,1-4H3. The van der Waals surface area contributed by atoms with Crippen LogP contribution in [0.1, 0.15) is 55.6 Å². The fraction of sp³-hybridized carbons (Fsp3) is 0.333. The highest BCUT2D eigenvalue weighted by Crippen LogP contribution is 2.45. The fourth-order valence-corrected chi connectivity index (χ4v) is 5.50. The lowest BCUT2D eigenvalue weighted by Crippen LogP contribution is -2.06. The Balaban J connectivity index is 1.30. The van der Waals surface area contributed by atoms with Gasteiger partial charge in [-0.25, -0.2) is 24.9 Å². The predicted molar refractivity (Wildman–Crippen MR) is 154 cm³/mol. The van der Waals surface area contributed by atoms with E-state index in [1.54, 1.807) is 34.7 Å². The second-order valence-corrected chi connectivity index (χ2v) is 11.1. The molecular weight excluding hydrogens is 559 g/mol. The Morgan fingerprint density at radius 2 is 1.74 bits per heavy atom. The van der Waals surface area contributed by atoms with E-state index < -0.39 is 11.9 Å². The topological polar surface area (TPSA) is 101 Å². The molecule has 220 valence electrons. The Bertz CT molecular complexity index is 1980. The molecule has 0 radical (unpaired) electrons. The molecule has 6 aromatic rings. The molecule has 43 heavy (non-hydrogen) atoms. The van der Waals surface area contributed by atoms with Crippen molar-refractivity contribution >= 4 is 22.1 Å². The summed E-state index contributed by atoms with van der Waals surface area (Å²) in [6.07, 6.45) is 3.89. The van der Waals surface area contributed by atoms with Crippen molar-refractivity contribution in [1.82, 2.24) is 43.8 Å². The highest BCUT2D eigenvalue weighted by Gasteiger charge is 2.35. The summed E-state index contributed by atoms with van der Waals surface area (Å²) in [5, 5.41) is 6.47. The van der Waals surface area contributed by atoms with Crippen LogP contribution in [-0.2, 0) is 19.8 Å². The summed E-state index contributed by atoms with van der Waals surface area (Å²) in [7, 11) is 3.43. The van der Waals surface area contributed by atoms with Crippen molar-refractivity contribution in [2.24, 2.45) is 7.05 Å². The van der Waals surface area contributed by atoms with Gasteiger partial charge in [0.25, 0.3) is 0 Å². The summed E-state index contributed by atoms with van der Waals surface area (Å²) in [6, 6.07) is 7.19. The summed E-state index contributed by atoms with van der Waals surface area (Å²) >= 11 is 0. The minimum Gasteiger partial charge on any atom is -0.480 e. The van der Waals surface area contributed by atoms with E-state index in [2.05, 4.69) is 15.0 Å². The van der Waals surface area contributed by atoms with E-state index in [4.69, 9.17) is 19.8 Å². The van der Waals surface area contributed by atoms with Crippen LogP contribution in [0.3, 0.4) is 0 Å². The molecule has 1 saturated carbocycles. The first-order valence-corrected chi connectivity index (χ1v) is 14.0. The minimum atomic E-state index is -4.52. The zero-order valence-corrected chi connectivity index (χ0v) is 24.0. The number of alkyl halides is 3. The zero-order valence-electron chi connectivity index (χ0n) is 24.0. The zero-order chi connectivity index (χ0) is 30.0. The van der Waals surface area contributed by atoms with Crippen LogP contribution in [0, 0.1) is 0 Å². The second-order valence-electron chi connectivity index (χ2n) is 11.1. The lowest BCUT2D eigenvalue weighted by atomic mass is 10.1. The number of methoxy groups -OCH3 is 1. The van der Waals surface area contributed by atoms with Gasteiger partial charge in [-0.1, -0.05) is 24.3 Å². The number of hydrogen-bond donors (Lipinski definition) is 0. The minimum absolute atomic E-state index is 0.190. The second kappa shape index (κ2) is 9.89. The van der Waals surface area contributed by atoms with Gasteiger partial charge in [0.05, 0.1) is 19.3 Å². The number of aromatic nitrogens is 9. The van der Waals surface area contributed by atoms with Gasteiger partial charge in [-0.15, -0.1) is 0 Å². The van der Waals surface area contributed by atoms with Crippen LogP contribution < -0.4 is 4.74 Å². The van der Waals surface area contributed by atoms with Gasteiger partial charge in [-0.3, -0.25) is 4.68 Å². The Hall–Kier alpha value is -4.81. The fourth-order valence-electron chi connectivity index (χ4n) is 5.50. The molecular formula is C30H28F3N9O. The van der Waals surface area contributed by atoms with E-state index in [9.17, 15) is 13.2 Å². The smallest absolute Gasteiger partial charge is 0.434 e. The van der Waals surface area contributed by atoms with E-state index in [1.807, 2.05) is 43.8 Å². The molecule has 0 aliphatic heterocycles. The first kappa shape index (κ1) is 27.0. The average molecular weight is 588 g/mol. The highest BCUT2D eigenvalue weighted by molar-refractivity contribution is 6.05. The van der Waals surface area contributed by atoms with Crippen molar-refractivity contribution in [3.05, 3.63) is 66.1 Å². The van der Waals surface area contributed by atoms with Crippen LogP contribution in [0.4, 0.5) is 13.2 Å². The normalized spacial score (nSPS) is 14.0. The average Bonchev–Trinajstić information content (AvgIpc) is 3.51. The van der Waals surface area contributed by atoms with Gasteiger partial charge in [0.2, 0.25) is 5.88 Å². The molecule has 0 bridgehead atoms. The van der Waals surface area contributed by atoms with Crippen molar-refractivity contribution in [3.8, 4) is 28.7 Å². The number of imidazole rings is 1. The Morgan fingerprint density at radius 3 is 2.42 bits per heavy atom. The number of aryl methyl sites for hydroxylation is 1. The quantitative estimate of drug-likeness (QED) is 0.220. The van der Waals surface area contributed by atoms with E-state index in [-0.39, 0.29) is 11.9 Å². The third-order valence-corrected chi connectivity index (χ3v) is 7.73. The van der Waals surface area contributed by atoms with Gasteiger partial charge in [0.15, 0.2) is 17.2 Å². The van der Waals surface area contributed by atoms with Gasteiger partial charge < -0.3 is 13.9 Å². The van der Waals surface area contributed by atoms with Gasteiger partial charge in [-0.2, -0.15) is 18.3 Å². The first-order chi connectivity index (χ1) is 20.6. The molecule has 1 aliphatic rings. The molecule has 0 atom stereocenters. The lowest BCUT2D eigenvalue weighted by Gasteiger charge is -2.12. The molecule has 1 aromatic carbocycles. The summed E-state index contributed by atoms with van der Waals surface area (Å²) < 4.78 is 51.2. The lowest BCUT2D eigenvalue weighted by molar-refractivity contribution is -0.140. The molecule has 5 heterocycles. The van der Waals surface area contributed by atoms with Crippen LogP contribution in [-0.4, -0.2) is 50.9 Å². The summed E-state index contributed by atoms with van der Waals surface area (Å²) in [6.45, 7) is 4.09. The molecule has 5 aromatic heterocycles. The molecule has 1 aliphatic carbocycles. The SMILES string of the molecule is COc1ncnc(C2CC2)c1-c1ncc2c3cn(C)nc3n(Cc3ccc(-c4nc(C(F)(F)F)cn4C(C)C)cc3)c2n1. The molecule has 0 saturated heterocycles. The van der Waals surface area contributed by atoms with Crippen LogP contribution in [0.25, 0.3) is 44.8 Å². The van der Waals surface area contributed by atoms with Gasteiger partial charge in [-0.05, 0) is 32.3 Å². The van der Waals surface area contributed by atoms with Crippen molar-refractivity contribution in [2.45, 2.75) is 51.4 Å². The van der Waals surface area contributed by atoms with E-state index in [0.29, 0.717) is 40.9 Å². The third-order valence-electron chi connectivity index (χ3n) is 7.73. The Kier molecular flexibility index (Phi) is 6.22. The largest absolute Gasteiger partial charge is 0.480 e. The number of ether oxygens (including phenoxy) is 1. The van der Waals surface area contributed by atoms with Crippen LogP contribution in [0.5, 0.6) is 5.88 Å². The van der Waals surface area contributed by atoms with Crippen molar-refractivity contribution < 1.29 is 17.9 Å². The van der Waals surface area contributed by atoms with E-state index in [0.717, 1.165) is 46.7 Å². The molecule has 10 nitrogen and oxygen atoms in total. The van der Waals surface area contributed by atoms with Crippen LogP contribution >= 0.6 is 0 Å². The Morgan fingerprint density at radius 1 is 0.977 bits per heavy atom. The van der Waals surface area contributed by atoms with Gasteiger partial charge >= 0.3 is 6.18 Å². The maximum atomic E-state index is 13.4. The first-order valence-electron chi connectivity index (χ1n) is 14.0. The molecule has 7 rings (SSSR count). The summed E-state index contributed by atoms with van der Waals surface area (Å²) in [5.74, 6) is 1.52. The molecule has 0 spiro atoms. The van der Waals surface area contributed by atoms with Gasteiger partial charge in [0, 0.05) is 53.9 Å². The molecule has 0 unspecified atom stereocenters. The number of hydrogen-bond acceptors (Lipinski definition) is 7. The summed E-state index contributed by atoms with van der Waals surface area (Å²) in [4.78, 5) is 22.5. The number of benzene rings is 1. The third kappa shape index (κ3) is 4.68. The monoisotopic (exact) mass is 587 g/mol. The molecule has 13 heteroatoms. The van der Waals surface area contributed by atoms with E-state index >= 15 is 0 Å². The molecule has 0 amide bonds. The summed E-state index contributed by atoms with van der Waals surface area (Å²) in [5.41, 5.74) is 3.65. The highest BCUT2D eigenvalue weighted by atomic mass is 19.4. The van der Waals surface area contributed by atoms with Crippen molar-refractivity contribution in [3.63, 3.8) is 0 Å². The predicted octanol–water partition coefficient (Wildman–Crippen LogP) is 6.17. The maximum absolute atomic E-state index is 13.4. The Labute approximate surface area is 244 Å². The number of nitrogens with zero attached hydrogens (tertiary/aromatic N) is 9.